The summed E-state index contributed by atoms with van der Waals surface area (Å²) in [7, 11) is 0. The normalized spacial score (nSPS) is 12.0. The minimum absolute atomic E-state index is 0.140. The molecule has 0 saturated heterocycles. The maximum Gasteiger partial charge on any atom is 0.197 e. The van der Waals surface area contributed by atoms with Gasteiger partial charge in [0.05, 0.1) is 0 Å². The number of benzene rings is 1. The van der Waals surface area contributed by atoms with Gasteiger partial charge in [0.25, 0.3) is 0 Å². The largest absolute Gasteiger partial charge is 0.404 e. The number of nitrogens with two attached hydrogens (primary N) is 1. The smallest absolute Gasteiger partial charge is 0.197 e. The maximum atomic E-state index is 14.3. The van der Waals surface area contributed by atoms with Crippen LogP contribution in [-0.4, -0.2) is 25.7 Å². The van der Waals surface area contributed by atoms with E-state index in [1.54, 1.807) is 24.7 Å². The number of halogens is 2. The van der Waals surface area contributed by atoms with Crippen LogP contribution in [0.15, 0.2) is 67.4 Å². The molecule has 31 heavy (non-hydrogen) atoms. The Labute approximate surface area is 174 Å². The summed E-state index contributed by atoms with van der Waals surface area (Å²) < 4.78 is 28.0. The Balaban J connectivity index is 1.60. The minimum Gasteiger partial charge on any atom is -0.404 e. The lowest BCUT2D eigenvalue weighted by molar-refractivity contribution is 0.105. The lowest BCUT2D eigenvalue weighted by atomic mass is 9.96. The van der Waals surface area contributed by atoms with Gasteiger partial charge in [-0.3, -0.25) is 4.79 Å². The fourth-order valence-electron chi connectivity index (χ4n) is 3.59. The van der Waals surface area contributed by atoms with Crippen molar-refractivity contribution in [1.29, 1.82) is 0 Å². The third-order valence-corrected chi connectivity index (χ3v) is 5.16. The van der Waals surface area contributed by atoms with E-state index in [4.69, 9.17) is 5.73 Å². The summed E-state index contributed by atoms with van der Waals surface area (Å²) in [6, 6.07) is 9.29. The molecule has 6 nitrogen and oxygen atoms in total. The van der Waals surface area contributed by atoms with Gasteiger partial charge in [0.15, 0.2) is 17.4 Å². The molecule has 5 rings (SSSR count). The van der Waals surface area contributed by atoms with Gasteiger partial charge >= 0.3 is 0 Å². The van der Waals surface area contributed by atoms with Gasteiger partial charge in [-0.25, -0.2) is 18.7 Å². The molecule has 0 aliphatic heterocycles. The number of aromatic nitrogens is 4. The Morgan fingerprint density at radius 1 is 0.968 bits per heavy atom. The molecule has 0 radical (unpaired) electrons. The summed E-state index contributed by atoms with van der Waals surface area (Å²) in [6.07, 6.45) is 7.66. The monoisotopic (exact) mass is 415 g/mol. The highest BCUT2D eigenvalue weighted by atomic mass is 19.2. The first-order chi connectivity index (χ1) is 15.1. The predicted octanol–water partition coefficient (Wildman–Crippen LogP) is 4.57. The van der Waals surface area contributed by atoms with Crippen molar-refractivity contribution in [3.8, 4) is 11.1 Å². The van der Waals surface area contributed by atoms with Gasteiger partial charge in [0.2, 0.25) is 0 Å². The van der Waals surface area contributed by atoms with Gasteiger partial charge in [0, 0.05) is 69.6 Å². The van der Waals surface area contributed by atoms with E-state index in [1.807, 2.05) is 12.1 Å². The first-order valence-electron chi connectivity index (χ1n) is 9.38. The SMILES string of the molecule is NC=C(C(=O)c1c[nH]c2ncc(-c3cnc4[nH]ccc4c3)cc12)c1cccc(F)c1F. The number of ketones is 1. The number of H-pyrrole nitrogens is 2. The molecule has 0 amide bonds. The quantitative estimate of drug-likeness (QED) is 0.296. The van der Waals surface area contributed by atoms with Gasteiger partial charge in [-0.15, -0.1) is 0 Å². The predicted molar refractivity (Wildman–Crippen MR) is 114 cm³/mol. The Morgan fingerprint density at radius 2 is 1.74 bits per heavy atom. The summed E-state index contributed by atoms with van der Waals surface area (Å²) in [5.74, 6) is -2.73. The number of aromatic amines is 2. The molecule has 1 aromatic carbocycles. The van der Waals surface area contributed by atoms with Crippen LogP contribution in [0.25, 0.3) is 38.8 Å². The number of nitrogens with one attached hydrogen (secondary N) is 2. The summed E-state index contributed by atoms with van der Waals surface area (Å²) in [4.78, 5) is 28.0. The number of carbonyl (C=O) groups is 1. The molecule has 0 bridgehead atoms. The van der Waals surface area contributed by atoms with E-state index >= 15 is 0 Å². The van der Waals surface area contributed by atoms with Crippen LogP contribution in [0.1, 0.15) is 15.9 Å². The second kappa shape index (κ2) is 7.17. The van der Waals surface area contributed by atoms with E-state index < -0.39 is 17.4 Å². The lowest BCUT2D eigenvalue weighted by Crippen LogP contribution is -2.07. The Kier molecular flexibility index (Phi) is 4.32. The summed E-state index contributed by atoms with van der Waals surface area (Å²) in [5.41, 5.74) is 8.37. The highest BCUT2D eigenvalue weighted by Gasteiger charge is 2.22. The van der Waals surface area contributed by atoms with Crippen LogP contribution in [-0.2, 0) is 0 Å². The highest BCUT2D eigenvalue weighted by molar-refractivity contribution is 6.32. The number of nitrogens with zero attached hydrogens (tertiary/aromatic N) is 2. The first kappa shape index (κ1) is 18.7. The van der Waals surface area contributed by atoms with Crippen molar-refractivity contribution in [3.63, 3.8) is 0 Å². The molecule has 4 heterocycles. The van der Waals surface area contributed by atoms with Crippen LogP contribution in [0.2, 0.25) is 0 Å². The molecule has 0 fully saturated rings. The van der Waals surface area contributed by atoms with Crippen molar-refractivity contribution < 1.29 is 13.6 Å². The van der Waals surface area contributed by atoms with E-state index in [2.05, 4.69) is 19.9 Å². The molecule has 0 atom stereocenters. The summed E-state index contributed by atoms with van der Waals surface area (Å²) in [6.45, 7) is 0. The Morgan fingerprint density at radius 3 is 2.55 bits per heavy atom. The number of Topliss-reactive ketones (excluding diaryl/α,β-unsaturated/α-hetero) is 1. The van der Waals surface area contributed by atoms with Gasteiger partial charge < -0.3 is 15.7 Å². The molecular weight excluding hydrogens is 400 g/mol. The molecule has 0 aliphatic rings. The second-order valence-corrected chi connectivity index (χ2v) is 6.97. The molecular formula is C23H15F2N5O. The number of pyridine rings is 2. The van der Waals surface area contributed by atoms with Crippen LogP contribution < -0.4 is 5.73 Å². The molecule has 152 valence electrons. The van der Waals surface area contributed by atoms with Crippen LogP contribution in [0, 0.1) is 11.6 Å². The van der Waals surface area contributed by atoms with Crippen LogP contribution in [0.3, 0.4) is 0 Å². The molecule has 0 saturated carbocycles. The van der Waals surface area contributed by atoms with E-state index in [1.165, 1.54) is 18.3 Å². The lowest BCUT2D eigenvalue weighted by Gasteiger charge is -2.08. The molecule has 0 aliphatic carbocycles. The van der Waals surface area contributed by atoms with Crippen molar-refractivity contribution >= 4 is 33.4 Å². The number of hydrogen-bond donors (Lipinski definition) is 3. The topological polar surface area (TPSA) is 100 Å². The van der Waals surface area contributed by atoms with Gasteiger partial charge in [-0.1, -0.05) is 12.1 Å². The van der Waals surface area contributed by atoms with Crippen molar-refractivity contribution in [3.05, 3.63) is 90.1 Å². The Hall–Kier alpha value is -4.33. The summed E-state index contributed by atoms with van der Waals surface area (Å²) >= 11 is 0. The van der Waals surface area contributed by atoms with Crippen molar-refractivity contribution in [1.82, 2.24) is 19.9 Å². The fourth-order valence-corrected chi connectivity index (χ4v) is 3.59. The van der Waals surface area contributed by atoms with E-state index in [-0.39, 0.29) is 16.7 Å². The number of rotatable bonds is 4. The number of hydrogen-bond acceptors (Lipinski definition) is 4. The second-order valence-electron chi connectivity index (χ2n) is 6.97. The van der Waals surface area contributed by atoms with E-state index in [0.717, 1.165) is 34.4 Å². The first-order valence-corrected chi connectivity index (χ1v) is 9.38. The minimum atomic E-state index is -1.13. The molecule has 0 spiro atoms. The number of fused-ring (bicyclic) bond motifs is 2. The van der Waals surface area contributed by atoms with Gasteiger partial charge in [-0.2, -0.15) is 0 Å². The number of carbonyl (C=O) groups excluding carboxylic acids is 1. The van der Waals surface area contributed by atoms with Gasteiger partial charge in [-0.05, 0) is 24.3 Å². The summed E-state index contributed by atoms with van der Waals surface area (Å²) in [5, 5.41) is 1.48. The van der Waals surface area contributed by atoms with E-state index in [9.17, 15) is 13.6 Å². The molecule has 5 aromatic rings. The van der Waals surface area contributed by atoms with Crippen LogP contribution >= 0.6 is 0 Å². The van der Waals surface area contributed by atoms with E-state index in [0.29, 0.717) is 11.0 Å². The zero-order chi connectivity index (χ0) is 21.5. The van der Waals surface area contributed by atoms with Crippen LogP contribution in [0.4, 0.5) is 8.78 Å². The standard InChI is InChI=1S/C23H15F2N5O/c24-19-3-1-2-15(20(19)25)17(8-26)21(31)18-11-30-23-16(18)7-14(10-29-23)13-6-12-4-5-27-22(12)28-9-13/h1-11H,26H2,(H,27,28)(H,29,30). The molecule has 0 unspecified atom stereocenters. The van der Waals surface area contributed by atoms with Gasteiger partial charge in [0.1, 0.15) is 11.3 Å². The molecule has 4 aromatic heterocycles. The molecule has 4 N–H and O–H groups in total. The van der Waals surface area contributed by atoms with Crippen LogP contribution in [0.5, 0.6) is 0 Å². The van der Waals surface area contributed by atoms with Crippen molar-refractivity contribution in [2.75, 3.05) is 0 Å². The molecule has 8 heteroatoms. The maximum absolute atomic E-state index is 14.3. The highest BCUT2D eigenvalue weighted by Crippen LogP contribution is 2.30. The zero-order valence-corrected chi connectivity index (χ0v) is 16.0. The third kappa shape index (κ3) is 3.05. The Bertz CT molecular complexity index is 1500. The van der Waals surface area contributed by atoms with Crippen molar-refractivity contribution in [2.24, 2.45) is 5.73 Å². The zero-order valence-electron chi connectivity index (χ0n) is 16.0. The van der Waals surface area contributed by atoms with Crippen molar-refractivity contribution in [2.45, 2.75) is 0 Å². The average molecular weight is 415 g/mol. The average Bonchev–Trinajstić information content (AvgIpc) is 3.42. The third-order valence-electron chi connectivity index (χ3n) is 5.16. The number of allylic oxidation sites excluding steroid dienone is 1. The fraction of sp³-hybridized carbons (Fsp3) is 0.